The van der Waals surface area contributed by atoms with E-state index in [1.807, 2.05) is 44.2 Å². The molecule has 0 unspecified atom stereocenters. The van der Waals surface area contributed by atoms with Gasteiger partial charge in [0.25, 0.3) is 0 Å². The molecule has 1 heterocycles. The topological polar surface area (TPSA) is 51.5 Å². The molecule has 3 rings (SSSR count). The van der Waals surface area contributed by atoms with Gasteiger partial charge in [-0.3, -0.25) is 0 Å². The van der Waals surface area contributed by atoms with Crippen LogP contribution in [0.5, 0.6) is 5.75 Å². The fourth-order valence-corrected chi connectivity index (χ4v) is 2.79. The Morgan fingerprint density at radius 2 is 1.92 bits per heavy atom. The molecule has 124 valence electrons. The maximum atomic E-state index is 11.9. The average molecular weight is 323 g/mol. The molecule has 4 nitrogen and oxygen atoms in total. The van der Waals surface area contributed by atoms with Gasteiger partial charge in [-0.2, -0.15) is 0 Å². The summed E-state index contributed by atoms with van der Waals surface area (Å²) in [5.41, 5.74) is 4.59. The molecule has 0 spiro atoms. The quantitative estimate of drug-likeness (QED) is 0.727. The predicted molar refractivity (Wildman–Crippen MR) is 95.5 cm³/mol. The maximum absolute atomic E-state index is 11.9. The van der Waals surface area contributed by atoms with Gasteiger partial charge in [-0.15, -0.1) is 0 Å². The van der Waals surface area contributed by atoms with Gasteiger partial charge in [-0.05, 0) is 48.2 Å². The molecule has 24 heavy (non-hydrogen) atoms. The first kappa shape index (κ1) is 16.3. The van der Waals surface area contributed by atoms with Crippen LogP contribution in [0.3, 0.4) is 0 Å². The second-order valence-electron chi connectivity index (χ2n) is 5.93. The Morgan fingerprint density at radius 3 is 2.71 bits per heavy atom. The van der Waals surface area contributed by atoms with Crippen molar-refractivity contribution >= 4 is 11.0 Å². The summed E-state index contributed by atoms with van der Waals surface area (Å²) in [5.74, 6) is 0.839. The molecule has 4 heteroatoms. The van der Waals surface area contributed by atoms with E-state index in [0.29, 0.717) is 18.7 Å². The number of nitrogens with one attached hydrogen (secondary N) is 1. The lowest BCUT2D eigenvalue weighted by molar-refractivity contribution is 0.414. The molecule has 0 atom stereocenters. The first-order valence-corrected chi connectivity index (χ1v) is 7.95. The summed E-state index contributed by atoms with van der Waals surface area (Å²) in [6, 6.07) is 13.6. The Kier molecular flexibility index (Phi) is 4.67. The van der Waals surface area contributed by atoms with Crippen LogP contribution in [-0.2, 0) is 13.1 Å². The lowest BCUT2D eigenvalue weighted by Crippen LogP contribution is -2.15. The highest BCUT2D eigenvalue weighted by molar-refractivity contribution is 5.83. The zero-order valence-electron chi connectivity index (χ0n) is 14.2. The van der Waals surface area contributed by atoms with Crippen molar-refractivity contribution in [1.82, 2.24) is 5.32 Å². The Labute approximate surface area is 141 Å². The summed E-state index contributed by atoms with van der Waals surface area (Å²) < 4.78 is 10.6. The third-order valence-electron chi connectivity index (χ3n) is 4.30. The maximum Gasteiger partial charge on any atom is 0.336 e. The molecule has 0 bridgehead atoms. The van der Waals surface area contributed by atoms with Crippen LogP contribution < -0.4 is 15.7 Å². The standard InChI is InChI=1S/C20H21NO3/c1-13-7-8-18-16(10-19(22)24-20(18)14(13)2)12-21-11-15-5-4-6-17(9-15)23-3/h4-10,21H,11-12H2,1-3H3. The number of benzene rings is 2. The summed E-state index contributed by atoms with van der Waals surface area (Å²) in [5, 5.41) is 4.37. The van der Waals surface area contributed by atoms with Crippen LogP contribution in [0.1, 0.15) is 22.3 Å². The third-order valence-corrected chi connectivity index (χ3v) is 4.30. The molecule has 0 aliphatic rings. The largest absolute Gasteiger partial charge is 0.497 e. The van der Waals surface area contributed by atoms with Gasteiger partial charge in [0, 0.05) is 24.5 Å². The molecule has 1 aromatic heterocycles. The molecule has 0 saturated carbocycles. The minimum Gasteiger partial charge on any atom is -0.497 e. The fourth-order valence-electron chi connectivity index (χ4n) is 2.79. The van der Waals surface area contributed by atoms with Crippen molar-refractivity contribution in [2.24, 2.45) is 0 Å². The van der Waals surface area contributed by atoms with Gasteiger partial charge in [0.15, 0.2) is 0 Å². The minimum absolute atomic E-state index is 0.311. The molecular weight excluding hydrogens is 302 g/mol. The second kappa shape index (κ2) is 6.89. The highest BCUT2D eigenvalue weighted by Gasteiger charge is 2.09. The molecule has 2 aromatic carbocycles. The van der Waals surface area contributed by atoms with Crippen molar-refractivity contribution in [3.05, 3.63) is 75.1 Å². The van der Waals surface area contributed by atoms with Gasteiger partial charge in [-0.25, -0.2) is 4.79 Å². The van der Waals surface area contributed by atoms with Gasteiger partial charge < -0.3 is 14.5 Å². The highest BCUT2D eigenvalue weighted by Crippen LogP contribution is 2.23. The number of hydrogen-bond donors (Lipinski definition) is 1. The summed E-state index contributed by atoms with van der Waals surface area (Å²) in [6.07, 6.45) is 0. The average Bonchev–Trinajstić information content (AvgIpc) is 2.58. The monoisotopic (exact) mass is 323 g/mol. The van der Waals surface area contributed by atoms with Crippen molar-refractivity contribution in [2.45, 2.75) is 26.9 Å². The number of methoxy groups -OCH3 is 1. The Balaban J connectivity index is 1.82. The van der Waals surface area contributed by atoms with Gasteiger partial charge in [0.2, 0.25) is 0 Å². The SMILES string of the molecule is COc1cccc(CNCc2cc(=O)oc3c(C)c(C)ccc23)c1. The predicted octanol–water partition coefficient (Wildman–Crippen LogP) is 3.71. The van der Waals surface area contributed by atoms with E-state index in [1.54, 1.807) is 13.2 Å². The zero-order valence-corrected chi connectivity index (χ0v) is 14.2. The van der Waals surface area contributed by atoms with Gasteiger partial charge >= 0.3 is 5.63 Å². The van der Waals surface area contributed by atoms with E-state index in [1.165, 1.54) is 0 Å². The Hall–Kier alpha value is -2.59. The van der Waals surface area contributed by atoms with Crippen molar-refractivity contribution < 1.29 is 9.15 Å². The molecule has 0 fully saturated rings. The van der Waals surface area contributed by atoms with Crippen molar-refractivity contribution in [2.75, 3.05) is 7.11 Å². The Bertz CT molecular complexity index is 928. The van der Waals surface area contributed by atoms with E-state index in [4.69, 9.17) is 9.15 Å². The van der Waals surface area contributed by atoms with E-state index in [0.717, 1.165) is 33.4 Å². The van der Waals surface area contributed by atoms with E-state index < -0.39 is 0 Å². The van der Waals surface area contributed by atoms with Gasteiger partial charge in [-0.1, -0.05) is 24.3 Å². The van der Waals surface area contributed by atoms with E-state index in [-0.39, 0.29) is 5.63 Å². The fraction of sp³-hybridized carbons (Fsp3) is 0.250. The molecule has 3 aromatic rings. The van der Waals surface area contributed by atoms with Crippen molar-refractivity contribution in [3.63, 3.8) is 0 Å². The molecular formula is C20H21NO3. The van der Waals surface area contributed by atoms with Crippen LogP contribution in [-0.4, -0.2) is 7.11 Å². The van der Waals surface area contributed by atoms with E-state index in [9.17, 15) is 4.79 Å². The highest BCUT2D eigenvalue weighted by atomic mass is 16.5. The van der Waals surface area contributed by atoms with Crippen LogP contribution >= 0.6 is 0 Å². The van der Waals surface area contributed by atoms with Crippen LogP contribution in [0.4, 0.5) is 0 Å². The third kappa shape index (κ3) is 3.34. The first-order valence-electron chi connectivity index (χ1n) is 7.95. The molecule has 0 amide bonds. The second-order valence-corrected chi connectivity index (χ2v) is 5.93. The van der Waals surface area contributed by atoms with E-state index >= 15 is 0 Å². The summed E-state index contributed by atoms with van der Waals surface area (Å²) >= 11 is 0. The summed E-state index contributed by atoms with van der Waals surface area (Å²) in [7, 11) is 1.66. The number of aryl methyl sites for hydroxylation is 2. The van der Waals surface area contributed by atoms with Crippen LogP contribution in [0, 0.1) is 13.8 Å². The molecule has 0 aliphatic heterocycles. The van der Waals surface area contributed by atoms with Crippen molar-refractivity contribution in [3.8, 4) is 5.75 Å². The van der Waals surface area contributed by atoms with Gasteiger partial charge in [0.05, 0.1) is 7.11 Å². The van der Waals surface area contributed by atoms with Crippen LogP contribution in [0.2, 0.25) is 0 Å². The minimum atomic E-state index is -0.311. The lowest BCUT2D eigenvalue weighted by Gasteiger charge is -2.10. The number of fused-ring (bicyclic) bond motifs is 1. The number of ether oxygens (including phenoxy) is 1. The summed E-state index contributed by atoms with van der Waals surface area (Å²) in [6.45, 7) is 5.29. The Morgan fingerprint density at radius 1 is 1.08 bits per heavy atom. The first-order chi connectivity index (χ1) is 11.6. The van der Waals surface area contributed by atoms with Crippen molar-refractivity contribution in [1.29, 1.82) is 0 Å². The molecule has 0 aliphatic carbocycles. The van der Waals surface area contributed by atoms with Gasteiger partial charge in [0.1, 0.15) is 11.3 Å². The number of rotatable bonds is 5. The van der Waals surface area contributed by atoms with Crippen LogP contribution in [0.25, 0.3) is 11.0 Å². The smallest absolute Gasteiger partial charge is 0.336 e. The normalized spacial score (nSPS) is 11.0. The van der Waals surface area contributed by atoms with E-state index in [2.05, 4.69) is 11.4 Å². The lowest BCUT2D eigenvalue weighted by atomic mass is 10.0. The molecule has 0 radical (unpaired) electrons. The zero-order chi connectivity index (χ0) is 17.1. The summed E-state index contributed by atoms with van der Waals surface area (Å²) in [4.78, 5) is 11.9. The molecule has 1 N–H and O–H groups in total. The number of hydrogen-bond acceptors (Lipinski definition) is 4. The molecule has 0 saturated heterocycles. The van der Waals surface area contributed by atoms with Crippen LogP contribution in [0.15, 0.2) is 51.7 Å².